The van der Waals surface area contributed by atoms with Crippen LogP contribution in [0.25, 0.3) is 0 Å². The number of allylic oxidation sites excluding steroid dienone is 1. The molecule has 10 heteroatoms. The van der Waals surface area contributed by atoms with Crippen LogP contribution in [-0.4, -0.2) is 70.8 Å². The number of aliphatic hydroxyl groups is 1. The average molecular weight is 556 g/mol. The average Bonchev–Trinajstić information content (AvgIpc) is 3.38. The Balaban J connectivity index is 1.66. The number of alkyl halides is 3. The summed E-state index contributed by atoms with van der Waals surface area (Å²) in [5, 5.41) is 13.0. The number of halogens is 3. The topological polar surface area (TPSA) is 85.3 Å². The van der Waals surface area contributed by atoms with Crippen LogP contribution in [0.4, 0.5) is 18.0 Å². The van der Waals surface area contributed by atoms with E-state index < -0.39 is 58.7 Å². The Morgan fingerprint density at radius 1 is 1.18 bits per heavy atom. The van der Waals surface area contributed by atoms with Crippen molar-refractivity contribution in [3.63, 3.8) is 0 Å². The lowest BCUT2D eigenvalue weighted by atomic mass is 9.59. The predicted molar refractivity (Wildman–Crippen MR) is 135 cm³/mol. The fraction of sp³-hybridized carbons (Fsp3) is 0.793. The molecule has 0 aromatic heterocycles. The van der Waals surface area contributed by atoms with Crippen LogP contribution in [0.3, 0.4) is 0 Å². The SMILES string of the molecule is CC1=CC23C(=O)[C@@H](C=C4COC(C)(C)O[C@H]4[C@]2(O)[C@H]1OC(=O)N1CCCC1C(F)(F)F)C(C)(C)[C@@H](C)CC3C. The number of fused-ring (bicyclic) bond motifs is 3. The predicted octanol–water partition coefficient (Wildman–Crippen LogP) is 5.17. The van der Waals surface area contributed by atoms with Gasteiger partial charge >= 0.3 is 12.3 Å². The molecular formula is C29H40F3NO6. The summed E-state index contributed by atoms with van der Waals surface area (Å²) in [5.41, 5.74) is -3.03. The highest BCUT2D eigenvalue weighted by atomic mass is 19.4. The second kappa shape index (κ2) is 8.79. The fourth-order valence-electron chi connectivity index (χ4n) is 7.85. The van der Waals surface area contributed by atoms with Gasteiger partial charge in [-0.2, -0.15) is 13.2 Å². The largest absolute Gasteiger partial charge is 0.438 e. The van der Waals surface area contributed by atoms with Gasteiger partial charge in [0, 0.05) is 12.5 Å². The molecule has 7 nitrogen and oxygen atoms in total. The van der Waals surface area contributed by atoms with Crippen LogP contribution in [0, 0.1) is 28.6 Å². The zero-order valence-corrected chi connectivity index (χ0v) is 23.7. The Kier molecular flexibility index (Phi) is 6.45. The Hall–Kier alpha value is -1.91. The highest BCUT2D eigenvalue weighted by molar-refractivity contribution is 5.95. The van der Waals surface area contributed by atoms with E-state index in [1.165, 1.54) is 0 Å². The number of Topliss-reactive ketones (excluding diaryl/α,β-unsaturated/α-hetero) is 1. The molecule has 3 aliphatic carbocycles. The lowest BCUT2D eigenvalue weighted by molar-refractivity contribution is -0.303. The molecule has 218 valence electrons. The first kappa shape index (κ1) is 28.6. The molecular weight excluding hydrogens is 515 g/mol. The van der Waals surface area contributed by atoms with Gasteiger partial charge in [0.2, 0.25) is 0 Å². The summed E-state index contributed by atoms with van der Waals surface area (Å²) in [7, 11) is 0. The summed E-state index contributed by atoms with van der Waals surface area (Å²) < 4.78 is 59.2. The van der Waals surface area contributed by atoms with E-state index in [2.05, 4.69) is 6.92 Å². The van der Waals surface area contributed by atoms with Crippen molar-refractivity contribution in [1.82, 2.24) is 4.90 Å². The van der Waals surface area contributed by atoms with Gasteiger partial charge in [0.15, 0.2) is 23.3 Å². The quantitative estimate of drug-likeness (QED) is 0.449. The number of carbonyl (C=O) groups excluding carboxylic acids is 2. The molecule has 39 heavy (non-hydrogen) atoms. The molecule has 2 bridgehead atoms. The summed E-state index contributed by atoms with van der Waals surface area (Å²) in [5.74, 6) is -2.16. The van der Waals surface area contributed by atoms with Crippen molar-refractivity contribution in [2.75, 3.05) is 13.2 Å². The monoisotopic (exact) mass is 555 g/mol. The molecule has 2 heterocycles. The third-order valence-electron chi connectivity index (χ3n) is 10.4. The minimum Gasteiger partial charge on any atom is -0.438 e. The Morgan fingerprint density at radius 3 is 2.49 bits per heavy atom. The maximum absolute atomic E-state index is 14.7. The first-order valence-electron chi connectivity index (χ1n) is 13.9. The number of carbonyl (C=O) groups is 2. The molecule has 0 aromatic rings. The normalized spacial score (nSPS) is 43.1. The van der Waals surface area contributed by atoms with Crippen LogP contribution < -0.4 is 0 Å². The summed E-state index contributed by atoms with van der Waals surface area (Å²) in [6.45, 7) is 13.2. The van der Waals surface area contributed by atoms with Crippen LogP contribution >= 0.6 is 0 Å². The molecule has 0 radical (unpaired) electrons. The minimum atomic E-state index is -4.60. The summed E-state index contributed by atoms with van der Waals surface area (Å²) in [6.07, 6.45) is -4.04. The van der Waals surface area contributed by atoms with Gasteiger partial charge in [0.25, 0.3) is 0 Å². The molecule has 1 spiro atoms. The molecule has 1 amide bonds. The number of nitrogens with zero attached hydrogens (tertiary/aromatic N) is 1. The summed E-state index contributed by atoms with van der Waals surface area (Å²) in [6, 6.07) is -1.95. The van der Waals surface area contributed by atoms with Gasteiger partial charge in [-0.1, -0.05) is 39.8 Å². The number of amides is 1. The van der Waals surface area contributed by atoms with Gasteiger partial charge in [-0.15, -0.1) is 0 Å². The van der Waals surface area contributed by atoms with Crippen molar-refractivity contribution in [1.29, 1.82) is 0 Å². The van der Waals surface area contributed by atoms with Crippen molar-refractivity contribution in [3.8, 4) is 0 Å². The zero-order valence-electron chi connectivity index (χ0n) is 23.7. The van der Waals surface area contributed by atoms with Gasteiger partial charge in [-0.25, -0.2) is 4.79 Å². The number of hydrogen-bond donors (Lipinski definition) is 1. The van der Waals surface area contributed by atoms with Gasteiger partial charge in [0.05, 0.1) is 12.0 Å². The molecule has 5 rings (SSSR count). The van der Waals surface area contributed by atoms with E-state index in [1.807, 2.05) is 26.8 Å². The van der Waals surface area contributed by atoms with Crippen LogP contribution in [0.15, 0.2) is 23.3 Å². The lowest BCUT2D eigenvalue weighted by Gasteiger charge is -2.52. The van der Waals surface area contributed by atoms with Crippen molar-refractivity contribution in [3.05, 3.63) is 23.3 Å². The highest BCUT2D eigenvalue weighted by Crippen LogP contribution is 2.64. The van der Waals surface area contributed by atoms with Crippen LogP contribution in [-0.2, 0) is 19.0 Å². The Morgan fingerprint density at radius 2 is 1.85 bits per heavy atom. The molecule has 0 aromatic carbocycles. The van der Waals surface area contributed by atoms with Gasteiger partial charge in [-0.05, 0) is 68.4 Å². The van der Waals surface area contributed by atoms with Crippen LogP contribution in [0.1, 0.15) is 67.7 Å². The van der Waals surface area contributed by atoms with Crippen LogP contribution in [0.5, 0.6) is 0 Å². The molecule has 1 N–H and O–H groups in total. The summed E-state index contributed by atoms with van der Waals surface area (Å²) >= 11 is 0. The third kappa shape index (κ3) is 3.95. The van der Waals surface area contributed by atoms with Crippen molar-refractivity contribution >= 4 is 11.9 Å². The number of ether oxygens (including phenoxy) is 3. The minimum absolute atomic E-state index is 0.0979. The number of likely N-dealkylation sites (tertiary alicyclic amines) is 1. The second-order valence-electron chi connectivity index (χ2n) is 13.4. The molecule has 3 fully saturated rings. The number of rotatable bonds is 1. The van der Waals surface area contributed by atoms with E-state index in [1.54, 1.807) is 26.8 Å². The van der Waals surface area contributed by atoms with E-state index in [4.69, 9.17) is 14.2 Å². The molecule has 2 aliphatic heterocycles. The molecule has 2 saturated heterocycles. The maximum atomic E-state index is 14.7. The molecule has 5 aliphatic rings. The van der Waals surface area contributed by atoms with E-state index >= 15 is 0 Å². The first-order valence-corrected chi connectivity index (χ1v) is 13.9. The van der Waals surface area contributed by atoms with Crippen molar-refractivity contribution < 1.29 is 42.1 Å². The molecule has 1 saturated carbocycles. The van der Waals surface area contributed by atoms with Gasteiger partial charge in [-0.3, -0.25) is 9.69 Å². The highest BCUT2D eigenvalue weighted by Gasteiger charge is 2.74. The fourth-order valence-corrected chi connectivity index (χ4v) is 7.85. The van der Waals surface area contributed by atoms with Crippen molar-refractivity contribution in [2.24, 2.45) is 28.6 Å². The smallest absolute Gasteiger partial charge is 0.411 e. The van der Waals surface area contributed by atoms with E-state index in [9.17, 15) is 27.9 Å². The lowest BCUT2D eigenvalue weighted by Crippen LogP contribution is -2.68. The number of hydrogen-bond acceptors (Lipinski definition) is 6. The number of ketones is 1. The maximum Gasteiger partial charge on any atom is 0.411 e. The zero-order chi connectivity index (χ0) is 28.9. The second-order valence-corrected chi connectivity index (χ2v) is 13.4. The van der Waals surface area contributed by atoms with E-state index in [0.29, 0.717) is 22.5 Å². The summed E-state index contributed by atoms with van der Waals surface area (Å²) in [4.78, 5) is 28.7. The molecule has 8 atom stereocenters. The van der Waals surface area contributed by atoms with E-state index in [-0.39, 0.29) is 43.6 Å². The first-order chi connectivity index (χ1) is 17.9. The standard InChI is InChI=1S/C29H40F3NO6/c1-15-13-27-17(3)11-16(2)25(4,5)19(21(27)34)12-18-14-37-26(6,7)39-23(18)28(27,36)22(15)38-24(35)33-10-8-9-20(33)29(30,31)32/h12-13,16-17,19-20,22-23,36H,8-11,14H2,1-7H3/t16-,17?,19+,20?,22-,23+,27?,28+/m0/s1. The Labute approximate surface area is 227 Å². The van der Waals surface area contributed by atoms with Gasteiger partial charge in [0.1, 0.15) is 12.1 Å². The third-order valence-corrected chi connectivity index (χ3v) is 10.4. The van der Waals surface area contributed by atoms with Crippen LogP contribution in [0.2, 0.25) is 0 Å². The Bertz CT molecular complexity index is 1130. The van der Waals surface area contributed by atoms with E-state index in [0.717, 1.165) is 0 Å². The molecule has 3 unspecified atom stereocenters. The van der Waals surface area contributed by atoms with Crippen molar-refractivity contribution in [2.45, 2.75) is 104 Å². The van der Waals surface area contributed by atoms with Gasteiger partial charge < -0.3 is 19.3 Å².